The van der Waals surface area contributed by atoms with Crippen molar-refractivity contribution in [1.82, 2.24) is 0 Å². The zero-order chi connectivity index (χ0) is 10.8. The Balaban J connectivity index is 2.88. The van der Waals surface area contributed by atoms with E-state index in [0.717, 1.165) is 11.8 Å². The minimum absolute atomic E-state index is 0.280. The highest BCUT2D eigenvalue weighted by molar-refractivity contribution is 9.10. The van der Waals surface area contributed by atoms with Crippen LogP contribution in [0.3, 0.4) is 0 Å². The molecule has 0 heterocycles. The van der Waals surface area contributed by atoms with E-state index < -0.39 is 5.41 Å². The molecule has 0 saturated carbocycles. The van der Waals surface area contributed by atoms with Gasteiger partial charge in [0.05, 0.1) is 4.47 Å². The first-order valence-corrected chi connectivity index (χ1v) is 5.14. The maximum Gasteiger partial charge on any atom is 0.137 e. The Morgan fingerprint density at radius 3 is 2.64 bits per heavy atom. The third-order valence-electron chi connectivity index (χ3n) is 1.96. The molecule has 14 heavy (non-hydrogen) atoms. The molecule has 0 saturated heterocycles. The van der Waals surface area contributed by atoms with Crippen LogP contribution in [-0.4, -0.2) is 6.29 Å². The SMILES string of the molecule is CC(C)(C=O)Cc1ccc(F)c(Br)c1. The molecule has 1 rings (SSSR count). The number of rotatable bonds is 3. The minimum atomic E-state index is -0.392. The van der Waals surface area contributed by atoms with Crippen molar-refractivity contribution in [3.63, 3.8) is 0 Å². The number of hydrogen-bond acceptors (Lipinski definition) is 1. The third kappa shape index (κ3) is 2.91. The summed E-state index contributed by atoms with van der Waals surface area (Å²) >= 11 is 3.11. The predicted octanol–water partition coefficient (Wildman–Crippen LogP) is 3.36. The van der Waals surface area contributed by atoms with Crippen LogP contribution in [0.5, 0.6) is 0 Å². The molecule has 0 aromatic heterocycles. The average molecular weight is 259 g/mol. The summed E-state index contributed by atoms with van der Waals surface area (Å²) in [4.78, 5) is 10.7. The highest BCUT2D eigenvalue weighted by atomic mass is 79.9. The second-order valence-corrected chi connectivity index (χ2v) is 4.89. The van der Waals surface area contributed by atoms with Crippen molar-refractivity contribution in [3.8, 4) is 0 Å². The average Bonchev–Trinajstić information content (AvgIpc) is 2.11. The first-order valence-electron chi connectivity index (χ1n) is 4.35. The molecular weight excluding hydrogens is 247 g/mol. The van der Waals surface area contributed by atoms with Gasteiger partial charge in [-0.15, -0.1) is 0 Å². The highest BCUT2D eigenvalue weighted by Gasteiger charge is 2.17. The first-order chi connectivity index (χ1) is 6.44. The van der Waals surface area contributed by atoms with E-state index in [-0.39, 0.29) is 5.82 Å². The van der Waals surface area contributed by atoms with Crippen LogP contribution >= 0.6 is 15.9 Å². The lowest BCUT2D eigenvalue weighted by Crippen LogP contribution is -2.16. The smallest absolute Gasteiger partial charge is 0.137 e. The van der Waals surface area contributed by atoms with Gasteiger partial charge in [0.1, 0.15) is 12.1 Å². The van der Waals surface area contributed by atoms with Crippen LogP contribution in [0.1, 0.15) is 19.4 Å². The summed E-state index contributed by atoms with van der Waals surface area (Å²) in [6.07, 6.45) is 1.54. The summed E-state index contributed by atoms with van der Waals surface area (Å²) in [7, 11) is 0. The lowest BCUT2D eigenvalue weighted by atomic mass is 9.87. The van der Waals surface area contributed by atoms with Crippen LogP contribution in [0, 0.1) is 11.2 Å². The Labute approximate surface area is 91.5 Å². The van der Waals surface area contributed by atoms with E-state index in [1.807, 2.05) is 13.8 Å². The van der Waals surface area contributed by atoms with Gasteiger partial charge in [0.15, 0.2) is 0 Å². The van der Waals surface area contributed by atoms with E-state index in [2.05, 4.69) is 15.9 Å². The molecule has 1 aromatic carbocycles. The molecule has 0 radical (unpaired) electrons. The van der Waals surface area contributed by atoms with Gasteiger partial charge in [0, 0.05) is 5.41 Å². The maximum atomic E-state index is 12.9. The van der Waals surface area contributed by atoms with Gasteiger partial charge in [-0.1, -0.05) is 19.9 Å². The molecule has 0 N–H and O–H groups in total. The van der Waals surface area contributed by atoms with Crippen molar-refractivity contribution >= 4 is 22.2 Å². The molecule has 0 bridgehead atoms. The molecule has 76 valence electrons. The highest BCUT2D eigenvalue weighted by Crippen LogP contribution is 2.23. The van der Waals surface area contributed by atoms with Crippen LogP contribution < -0.4 is 0 Å². The topological polar surface area (TPSA) is 17.1 Å². The van der Waals surface area contributed by atoms with Crippen LogP contribution in [-0.2, 0) is 11.2 Å². The van der Waals surface area contributed by atoms with Gasteiger partial charge in [-0.3, -0.25) is 0 Å². The molecule has 1 nitrogen and oxygen atoms in total. The van der Waals surface area contributed by atoms with Crippen molar-refractivity contribution in [2.24, 2.45) is 5.41 Å². The summed E-state index contributed by atoms with van der Waals surface area (Å²) in [5, 5.41) is 0. The largest absolute Gasteiger partial charge is 0.303 e. The van der Waals surface area contributed by atoms with E-state index in [4.69, 9.17) is 0 Å². The second kappa shape index (κ2) is 4.22. The lowest BCUT2D eigenvalue weighted by molar-refractivity contribution is -0.114. The molecule has 0 atom stereocenters. The fraction of sp³-hybridized carbons (Fsp3) is 0.364. The van der Waals surface area contributed by atoms with Gasteiger partial charge >= 0.3 is 0 Å². The number of aldehydes is 1. The van der Waals surface area contributed by atoms with Crippen LogP contribution in [0.4, 0.5) is 4.39 Å². The zero-order valence-corrected chi connectivity index (χ0v) is 9.77. The molecule has 0 unspecified atom stereocenters. The van der Waals surface area contributed by atoms with E-state index in [0.29, 0.717) is 10.9 Å². The first kappa shape index (κ1) is 11.4. The number of carbonyl (C=O) groups is 1. The molecule has 0 spiro atoms. The van der Waals surface area contributed by atoms with Gasteiger partial charge in [-0.25, -0.2) is 4.39 Å². The second-order valence-electron chi connectivity index (χ2n) is 4.03. The summed E-state index contributed by atoms with van der Waals surface area (Å²) in [6, 6.07) is 4.81. The number of carbonyl (C=O) groups excluding carboxylic acids is 1. The number of benzene rings is 1. The van der Waals surface area contributed by atoms with Gasteiger partial charge in [-0.2, -0.15) is 0 Å². The molecule has 0 aliphatic carbocycles. The minimum Gasteiger partial charge on any atom is -0.303 e. The van der Waals surface area contributed by atoms with Crippen molar-refractivity contribution < 1.29 is 9.18 Å². The standard InChI is InChI=1S/C11H12BrFO/c1-11(2,7-14)6-8-3-4-10(13)9(12)5-8/h3-5,7H,6H2,1-2H3. The van der Waals surface area contributed by atoms with E-state index >= 15 is 0 Å². The quantitative estimate of drug-likeness (QED) is 0.761. The van der Waals surface area contributed by atoms with Gasteiger partial charge in [0.2, 0.25) is 0 Å². The van der Waals surface area contributed by atoms with Crippen molar-refractivity contribution in [2.45, 2.75) is 20.3 Å². The van der Waals surface area contributed by atoms with Gasteiger partial charge in [0.25, 0.3) is 0 Å². The van der Waals surface area contributed by atoms with Crippen LogP contribution in [0.15, 0.2) is 22.7 Å². The van der Waals surface area contributed by atoms with E-state index in [9.17, 15) is 9.18 Å². The fourth-order valence-electron chi connectivity index (χ4n) is 1.22. The summed E-state index contributed by atoms with van der Waals surface area (Å²) in [5.41, 5.74) is 0.562. The fourth-order valence-corrected chi connectivity index (χ4v) is 1.64. The lowest BCUT2D eigenvalue weighted by Gasteiger charge is -2.16. The molecule has 0 aliphatic rings. The normalized spacial score (nSPS) is 11.4. The third-order valence-corrected chi connectivity index (χ3v) is 2.57. The molecular formula is C11H12BrFO. The number of hydrogen-bond donors (Lipinski definition) is 0. The Bertz CT molecular complexity index is 347. The van der Waals surface area contributed by atoms with Gasteiger partial charge in [-0.05, 0) is 40.0 Å². The predicted molar refractivity (Wildman–Crippen MR) is 57.6 cm³/mol. The maximum absolute atomic E-state index is 12.9. The van der Waals surface area contributed by atoms with Crippen LogP contribution in [0.25, 0.3) is 0 Å². The summed E-state index contributed by atoms with van der Waals surface area (Å²) < 4.78 is 13.3. The number of halogens is 2. The van der Waals surface area contributed by atoms with E-state index in [1.54, 1.807) is 12.1 Å². The Kier molecular flexibility index (Phi) is 3.43. The zero-order valence-electron chi connectivity index (χ0n) is 8.18. The molecule has 0 amide bonds. The monoisotopic (exact) mass is 258 g/mol. The molecule has 0 aliphatic heterocycles. The van der Waals surface area contributed by atoms with Gasteiger partial charge < -0.3 is 4.79 Å². The van der Waals surface area contributed by atoms with Crippen LogP contribution in [0.2, 0.25) is 0 Å². The molecule has 3 heteroatoms. The van der Waals surface area contributed by atoms with Crippen molar-refractivity contribution in [1.29, 1.82) is 0 Å². The summed E-state index contributed by atoms with van der Waals surface area (Å²) in [6.45, 7) is 3.72. The Morgan fingerprint density at radius 1 is 1.50 bits per heavy atom. The van der Waals surface area contributed by atoms with Crippen molar-refractivity contribution in [2.75, 3.05) is 0 Å². The van der Waals surface area contributed by atoms with Crippen molar-refractivity contribution in [3.05, 3.63) is 34.1 Å². The Morgan fingerprint density at radius 2 is 2.14 bits per heavy atom. The molecule has 1 aromatic rings. The van der Waals surface area contributed by atoms with E-state index in [1.165, 1.54) is 6.07 Å². The summed E-state index contributed by atoms with van der Waals surface area (Å²) in [5.74, 6) is -0.280. The molecule has 0 fully saturated rings. The Hall–Kier alpha value is -0.700.